The van der Waals surface area contributed by atoms with Crippen molar-refractivity contribution in [1.82, 2.24) is 9.80 Å². The number of carbonyl (C=O) groups excluding carboxylic acids is 2. The fourth-order valence-electron chi connectivity index (χ4n) is 2.67. The van der Waals surface area contributed by atoms with E-state index in [1.165, 1.54) is 4.90 Å². The Bertz CT molecular complexity index is 722. The maximum atomic E-state index is 12.7. The summed E-state index contributed by atoms with van der Waals surface area (Å²) in [5.74, 6) is -0.0265. The van der Waals surface area contributed by atoms with Crippen molar-refractivity contribution in [2.45, 2.75) is 6.92 Å². The summed E-state index contributed by atoms with van der Waals surface area (Å²) in [4.78, 5) is 29.6. The monoisotopic (exact) mass is 327 g/mol. The molecule has 5 nitrogen and oxygen atoms in total. The Balaban J connectivity index is 2.18. The molecule has 0 spiro atoms. The zero-order valence-electron chi connectivity index (χ0n) is 14.8. The summed E-state index contributed by atoms with van der Waals surface area (Å²) < 4.78 is 0. The molecule has 0 saturated heterocycles. The first-order chi connectivity index (χ1) is 11.4. The van der Waals surface area contributed by atoms with Gasteiger partial charge >= 0.3 is 0 Å². The van der Waals surface area contributed by atoms with E-state index in [1.54, 1.807) is 30.9 Å². The van der Waals surface area contributed by atoms with Crippen LogP contribution >= 0.6 is 0 Å². The third-order valence-electron chi connectivity index (χ3n) is 3.98. The van der Waals surface area contributed by atoms with Crippen LogP contribution in [0.1, 0.15) is 6.92 Å². The molecular formula is C19H25N3O2. The van der Waals surface area contributed by atoms with Gasteiger partial charge in [0.15, 0.2) is 0 Å². The predicted molar refractivity (Wildman–Crippen MR) is 98.2 cm³/mol. The van der Waals surface area contributed by atoms with Crippen molar-refractivity contribution < 1.29 is 9.59 Å². The lowest BCUT2D eigenvalue weighted by atomic mass is 10.1. The molecule has 0 atom stereocenters. The molecule has 0 fully saturated rings. The molecule has 0 aliphatic rings. The maximum Gasteiger partial charge on any atom is 0.241 e. The summed E-state index contributed by atoms with van der Waals surface area (Å²) in [7, 11) is 5.22. The van der Waals surface area contributed by atoms with E-state index in [-0.39, 0.29) is 24.9 Å². The van der Waals surface area contributed by atoms with Crippen LogP contribution in [0.4, 0.5) is 5.69 Å². The van der Waals surface area contributed by atoms with E-state index in [9.17, 15) is 9.59 Å². The third-order valence-corrected chi connectivity index (χ3v) is 3.98. The number of likely N-dealkylation sites (N-methyl/N-ethyl adjacent to an activating group) is 3. The minimum atomic E-state index is -0.0153. The fourth-order valence-corrected chi connectivity index (χ4v) is 2.67. The summed E-state index contributed by atoms with van der Waals surface area (Å²) in [6.07, 6.45) is 0. The van der Waals surface area contributed by atoms with Crippen molar-refractivity contribution in [2.24, 2.45) is 0 Å². The molecule has 0 radical (unpaired) electrons. The first kappa shape index (κ1) is 17.9. The van der Waals surface area contributed by atoms with Gasteiger partial charge < -0.3 is 9.80 Å². The van der Waals surface area contributed by atoms with E-state index in [4.69, 9.17) is 0 Å². The van der Waals surface area contributed by atoms with E-state index >= 15 is 0 Å². The predicted octanol–water partition coefficient (Wildman–Crippen LogP) is 2.21. The molecule has 2 rings (SSSR count). The molecule has 0 unspecified atom stereocenters. The number of hydrogen-bond donors (Lipinski definition) is 0. The molecule has 2 aromatic rings. The van der Waals surface area contributed by atoms with Crippen LogP contribution in [0, 0.1) is 0 Å². The molecule has 0 aliphatic carbocycles. The number of nitrogens with zero attached hydrogens (tertiary/aromatic N) is 3. The highest BCUT2D eigenvalue weighted by atomic mass is 16.2. The van der Waals surface area contributed by atoms with Crippen molar-refractivity contribution in [3.8, 4) is 0 Å². The SMILES string of the molecule is CCN(C(=O)CN(C)CC(=O)N(C)C)c1cccc2ccccc12. The molecule has 0 N–H and O–H groups in total. The first-order valence-electron chi connectivity index (χ1n) is 8.10. The van der Waals surface area contributed by atoms with Gasteiger partial charge in [0.1, 0.15) is 0 Å². The van der Waals surface area contributed by atoms with Crippen LogP contribution in [0.2, 0.25) is 0 Å². The van der Waals surface area contributed by atoms with Crippen molar-refractivity contribution in [2.75, 3.05) is 45.7 Å². The van der Waals surface area contributed by atoms with Gasteiger partial charge in [0.25, 0.3) is 0 Å². The van der Waals surface area contributed by atoms with E-state index in [0.717, 1.165) is 16.5 Å². The van der Waals surface area contributed by atoms with Crippen molar-refractivity contribution >= 4 is 28.3 Å². The molecule has 128 valence electrons. The topological polar surface area (TPSA) is 43.9 Å². The molecule has 2 amide bonds. The highest BCUT2D eigenvalue weighted by molar-refractivity contribution is 6.04. The molecule has 0 heterocycles. The first-order valence-corrected chi connectivity index (χ1v) is 8.10. The van der Waals surface area contributed by atoms with Crippen LogP contribution < -0.4 is 4.90 Å². The van der Waals surface area contributed by atoms with Gasteiger partial charge in [0.05, 0.1) is 18.8 Å². The quantitative estimate of drug-likeness (QED) is 0.817. The van der Waals surface area contributed by atoms with Gasteiger partial charge in [-0.15, -0.1) is 0 Å². The second-order valence-corrected chi connectivity index (χ2v) is 6.10. The van der Waals surface area contributed by atoms with Gasteiger partial charge in [0.2, 0.25) is 11.8 Å². The summed E-state index contributed by atoms with van der Waals surface area (Å²) in [5.41, 5.74) is 0.910. The maximum absolute atomic E-state index is 12.7. The van der Waals surface area contributed by atoms with E-state index < -0.39 is 0 Å². The second-order valence-electron chi connectivity index (χ2n) is 6.10. The van der Waals surface area contributed by atoms with E-state index in [2.05, 4.69) is 0 Å². The highest BCUT2D eigenvalue weighted by Crippen LogP contribution is 2.26. The Morgan fingerprint density at radius 3 is 2.17 bits per heavy atom. The van der Waals surface area contributed by atoms with Crippen LogP contribution in [0.15, 0.2) is 42.5 Å². The van der Waals surface area contributed by atoms with Gasteiger partial charge in [0, 0.05) is 26.0 Å². The number of hydrogen-bond acceptors (Lipinski definition) is 3. The molecule has 0 saturated carbocycles. The van der Waals surface area contributed by atoms with E-state index in [0.29, 0.717) is 6.54 Å². The lowest BCUT2D eigenvalue weighted by Crippen LogP contribution is -2.42. The second kappa shape index (κ2) is 7.93. The molecule has 24 heavy (non-hydrogen) atoms. The summed E-state index contributed by atoms with van der Waals surface area (Å²) >= 11 is 0. The summed E-state index contributed by atoms with van der Waals surface area (Å²) in [6, 6.07) is 14.0. The number of rotatable bonds is 6. The Labute approximate surface area is 143 Å². The van der Waals surface area contributed by atoms with Gasteiger partial charge in [-0.2, -0.15) is 0 Å². The van der Waals surface area contributed by atoms with Gasteiger partial charge in [-0.3, -0.25) is 14.5 Å². The van der Waals surface area contributed by atoms with Crippen LogP contribution in [-0.4, -0.2) is 62.4 Å². The largest absolute Gasteiger partial charge is 0.348 e. The zero-order valence-corrected chi connectivity index (χ0v) is 14.8. The normalized spacial score (nSPS) is 10.9. The molecule has 0 aromatic heterocycles. The summed E-state index contributed by atoms with van der Waals surface area (Å²) in [5, 5.41) is 2.17. The number of carbonyl (C=O) groups is 2. The number of anilines is 1. The minimum absolute atomic E-state index is 0.0112. The van der Waals surface area contributed by atoms with Gasteiger partial charge in [-0.25, -0.2) is 0 Å². The fraction of sp³-hybridized carbons (Fsp3) is 0.368. The number of benzene rings is 2. The lowest BCUT2D eigenvalue weighted by Gasteiger charge is -2.26. The molecule has 0 aliphatic heterocycles. The molecular weight excluding hydrogens is 302 g/mol. The Morgan fingerprint density at radius 1 is 0.875 bits per heavy atom. The van der Waals surface area contributed by atoms with Crippen molar-refractivity contribution in [3.63, 3.8) is 0 Å². The van der Waals surface area contributed by atoms with Crippen LogP contribution in [0.25, 0.3) is 10.8 Å². The Morgan fingerprint density at radius 2 is 1.50 bits per heavy atom. The zero-order chi connectivity index (χ0) is 17.7. The molecule has 5 heteroatoms. The van der Waals surface area contributed by atoms with Crippen molar-refractivity contribution in [1.29, 1.82) is 0 Å². The molecule has 2 aromatic carbocycles. The van der Waals surface area contributed by atoms with Gasteiger partial charge in [-0.1, -0.05) is 36.4 Å². The van der Waals surface area contributed by atoms with E-state index in [1.807, 2.05) is 49.4 Å². The van der Waals surface area contributed by atoms with Crippen LogP contribution in [-0.2, 0) is 9.59 Å². The highest BCUT2D eigenvalue weighted by Gasteiger charge is 2.19. The Hall–Kier alpha value is -2.40. The molecule has 0 bridgehead atoms. The smallest absolute Gasteiger partial charge is 0.241 e. The standard InChI is InChI=1S/C19H25N3O2/c1-5-22(19(24)14-21(4)13-18(23)20(2)3)17-12-8-10-15-9-6-7-11-16(15)17/h6-12H,5,13-14H2,1-4H3. The third kappa shape index (κ3) is 4.11. The average Bonchev–Trinajstić information content (AvgIpc) is 2.55. The lowest BCUT2D eigenvalue weighted by molar-refractivity contribution is -0.130. The average molecular weight is 327 g/mol. The van der Waals surface area contributed by atoms with Crippen molar-refractivity contribution in [3.05, 3.63) is 42.5 Å². The minimum Gasteiger partial charge on any atom is -0.348 e. The summed E-state index contributed by atoms with van der Waals surface area (Å²) in [6.45, 7) is 2.98. The van der Waals surface area contributed by atoms with Gasteiger partial charge in [-0.05, 0) is 25.4 Å². The van der Waals surface area contributed by atoms with Crippen LogP contribution in [0.5, 0.6) is 0 Å². The van der Waals surface area contributed by atoms with Crippen LogP contribution in [0.3, 0.4) is 0 Å². The Kier molecular flexibility index (Phi) is 5.93. The number of amides is 2. The number of fused-ring (bicyclic) bond motifs is 1.